The van der Waals surface area contributed by atoms with Gasteiger partial charge in [-0.2, -0.15) is 0 Å². The SMILES string of the molecule is Cc1c(OC(C)C)cccc1-c1c[n+](-c2c(C(C)C)cccc2C(C)C)cn1C. The lowest BCUT2D eigenvalue weighted by atomic mass is 9.92. The van der Waals surface area contributed by atoms with E-state index in [1.807, 2.05) is 0 Å². The van der Waals surface area contributed by atoms with Gasteiger partial charge < -0.3 is 4.74 Å². The number of para-hydroxylation sites is 1. The number of benzene rings is 2. The Morgan fingerprint density at radius 3 is 2.00 bits per heavy atom. The molecule has 29 heavy (non-hydrogen) atoms. The summed E-state index contributed by atoms with van der Waals surface area (Å²) in [4.78, 5) is 0. The summed E-state index contributed by atoms with van der Waals surface area (Å²) in [6.07, 6.45) is 4.61. The van der Waals surface area contributed by atoms with Crippen LogP contribution in [0.5, 0.6) is 5.75 Å². The highest BCUT2D eigenvalue weighted by molar-refractivity contribution is 5.66. The van der Waals surface area contributed by atoms with E-state index in [1.54, 1.807) is 0 Å². The predicted molar refractivity (Wildman–Crippen MR) is 121 cm³/mol. The van der Waals surface area contributed by atoms with Crippen LogP contribution in [0.2, 0.25) is 0 Å². The quantitative estimate of drug-likeness (QED) is 0.450. The fourth-order valence-electron chi connectivity index (χ4n) is 3.97. The van der Waals surface area contributed by atoms with Crippen LogP contribution in [0.1, 0.15) is 70.1 Å². The molecule has 2 aromatic carbocycles. The van der Waals surface area contributed by atoms with Gasteiger partial charge >= 0.3 is 0 Å². The van der Waals surface area contributed by atoms with Gasteiger partial charge in [0.05, 0.1) is 13.2 Å². The van der Waals surface area contributed by atoms with Gasteiger partial charge in [0.2, 0.25) is 6.33 Å². The first kappa shape index (κ1) is 21.2. The van der Waals surface area contributed by atoms with Crippen LogP contribution in [0.25, 0.3) is 16.9 Å². The third-order valence-electron chi connectivity index (χ3n) is 5.46. The molecule has 0 spiro atoms. The first-order valence-corrected chi connectivity index (χ1v) is 10.7. The van der Waals surface area contributed by atoms with Gasteiger partial charge in [-0.05, 0) is 38.7 Å². The molecule has 0 unspecified atom stereocenters. The van der Waals surface area contributed by atoms with E-state index in [1.165, 1.54) is 33.6 Å². The highest BCUT2D eigenvalue weighted by Gasteiger charge is 2.23. The summed E-state index contributed by atoms with van der Waals surface area (Å²) in [5, 5.41) is 0. The van der Waals surface area contributed by atoms with Crippen LogP contribution >= 0.6 is 0 Å². The summed E-state index contributed by atoms with van der Waals surface area (Å²) in [7, 11) is 2.12. The van der Waals surface area contributed by atoms with E-state index >= 15 is 0 Å². The minimum absolute atomic E-state index is 0.161. The van der Waals surface area contributed by atoms with Crippen molar-refractivity contribution in [2.45, 2.75) is 66.4 Å². The lowest BCUT2D eigenvalue weighted by Crippen LogP contribution is -2.31. The minimum Gasteiger partial charge on any atom is -0.491 e. The molecule has 0 aliphatic rings. The standard InChI is InChI=1S/C26H35N2O/c1-17(2)21-11-9-12-22(18(3)4)26(21)28-15-24(27(8)16-28)23-13-10-14-25(20(23)7)29-19(5)6/h9-19H,1-8H3/q+1. The molecule has 0 amide bonds. The Balaban J connectivity index is 2.17. The number of aryl methyl sites for hydroxylation is 1. The van der Waals surface area contributed by atoms with E-state index in [4.69, 9.17) is 4.74 Å². The van der Waals surface area contributed by atoms with Crippen molar-refractivity contribution in [3.63, 3.8) is 0 Å². The third-order valence-corrected chi connectivity index (χ3v) is 5.46. The maximum absolute atomic E-state index is 6.02. The molecule has 0 bridgehead atoms. The average molecular weight is 392 g/mol. The number of ether oxygens (including phenoxy) is 1. The molecule has 3 rings (SSSR count). The Labute approximate surface area is 176 Å². The number of imidazole rings is 1. The molecule has 0 saturated heterocycles. The molecule has 0 saturated carbocycles. The molecular formula is C26H35N2O+. The number of hydrogen-bond donors (Lipinski definition) is 0. The number of nitrogens with zero attached hydrogens (tertiary/aromatic N) is 2. The van der Waals surface area contributed by atoms with Gasteiger partial charge in [0.25, 0.3) is 0 Å². The van der Waals surface area contributed by atoms with Crippen molar-refractivity contribution >= 4 is 0 Å². The van der Waals surface area contributed by atoms with Gasteiger partial charge in [-0.15, -0.1) is 0 Å². The van der Waals surface area contributed by atoms with Crippen molar-refractivity contribution in [3.8, 4) is 22.7 Å². The van der Waals surface area contributed by atoms with Crippen LogP contribution in [-0.4, -0.2) is 10.7 Å². The summed E-state index contributed by atoms with van der Waals surface area (Å²) in [6.45, 7) is 15.4. The maximum atomic E-state index is 6.02. The molecule has 0 N–H and O–H groups in total. The van der Waals surface area contributed by atoms with Crippen molar-refractivity contribution in [2.75, 3.05) is 0 Å². The summed E-state index contributed by atoms with van der Waals surface area (Å²) in [5.74, 6) is 1.88. The van der Waals surface area contributed by atoms with Crippen LogP contribution < -0.4 is 9.30 Å². The number of aromatic nitrogens is 2. The van der Waals surface area contributed by atoms with Gasteiger partial charge in [-0.3, -0.25) is 0 Å². The van der Waals surface area contributed by atoms with Crippen LogP contribution in [-0.2, 0) is 7.05 Å². The topological polar surface area (TPSA) is 18.0 Å². The van der Waals surface area contributed by atoms with Crippen molar-refractivity contribution < 1.29 is 9.30 Å². The van der Waals surface area contributed by atoms with Crippen LogP contribution in [0, 0.1) is 6.92 Å². The molecule has 3 heteroatoms. The van der Waals surface area contributed by atoms with Gasteiger partial charge in [0.1, 0.15) is 17.6 Å². The van der Waals surface area contributed by atoms with Gasteiger partial charge in [-0.25, -0.2) is 9.13 Å². The van der Waals surface area contributed by atoms with E-state index in [9.17, 15) is 0 Å². The van der Waals surface area contributed by atoms with Crippen molar-refractivity contribution in [2.24, 2.45) is 7.05 Å². The van der Waals surface area contributed by atoms with Crippen molar-refractivity contribution in [3.05, 3.63) is 65.6 Å². The Kier molecular flexibility index (Phi) is 6.16. The van der Waals surface area contributed by atoms with Crippen molar-refractivity contribution in [1.82, 2.24) is 4.57 Å². The fourth-order valence-corrected chi connectivity index (χ4v) is 3.97. The van der Waals surface area contributed by atoms with E-state index in [-0.39, 0.29) is 6.10 Å². The molecule has 0 radical (unpaired) electrons. The largest absolute Gasteiger partial charge is 0.491 e. The molecule has 1 heterocycles. The second-order valence-corrected chi connectivity index (χ2v) is 8.84. The normalized spacial score (nSPS) is 11.7. The average Bonchev–Trinajstić information content (AvgIpc) is 3.03. The van der Waals surface area contributed by atoms with Gasteiger partial charge in [0.15, 0.2) is 5.69 Å². The van der Waals surface area contributed by atoms with Crippen LogP contribution in [0.4, 0.5) is 0 Å². The van der Waals surface area contributed by atoms with E-state index < -0.39 is 0 Å². The highest BCUT2D eigenvalue weighted by Crippen LogP contribution is 2.32. The first-order chi connectivity index (χ1) is 13.7. The maximum Gasteiger partial charge on any atom is 0.249 e. The number of rotatable bonds is 6. The smallest absolute Gasteiger partial charge is 0.249 e. The molecule has 0 fully saturated rings. The molecule has 3 nitrogen and oxygen atoms in total. The molecule has 0 atom stereocenters. The molecule has 0 aliphatic carbocycles. The van der Waals surface area contributed by atoms with Gasteiger partial charge in [0, 0.05) is 22.3 Å². The lowest BCUT2D eigenvalue weighted by Gasteiger charge is -2.16. The first-order valence-electron chi connectivity index (χ1n) is 10.7. The zero-order chi connectivity index (χ0) is 21.3. The van der Waals surface area contributed by atoms with E-state index in [0.29, 0.717) is 11.8 Å². The van der Waals surface area contributed by atoms with E-state index in [0.717, 1.165) is 5.75 Å². The summed E-state index contributed by atoms with van der Waals surface area (Å²) < 4.78 is 10.5. The highest BCUT2D eigenvalue weighted by atomic mass is 16.5. The second-order valence-electron chi connectivity index (χ2n) is 8.84. The Hall–Kier alpha value is -2.55. The zero-order valence-corrected chi connectivity index (χ0v) is 19.2. The third kappa shape index (κ3) is 4.24. The minimum atomic E-state index is 0.161. The second kappa shape index (κ2) is 8.44. The Morgan fingerprint density at radius 2 is 1.45 bits per heavy atom. The summed E-state index contributed by atoms with van der Waals surface area (Å²) in [6, 6.07) is 13.0. The van der Waals surface area contributed by atoms with Crippen molar-refractivity contribution in [1.29, 1.82) is 0 Å². The summed E-state index contributed by atoms with van der Waals surface area (Å²) >= 11 is 0. The number of hydrogen-bond acceptors (Lipinski definition) is 1. The summed E-state index contributed by atoms with van der Waals surface area (Å²) in [5.41, 5.74) is 7.64. The molecule has 154 valence electrons. The lowest BCUT2D eigenvalue weighted by molar-refractivity contribution is -0.596. The predicted octanol–water partition coefficient (Wildman–Crippen LogP) is 6.31. The zero-order valence-electron chi connectivity index (χ0n) is 19.2. The molecule has 0 aliphatic heterocycles. The van der Waals surface area contributed by atoms with E-state index in [2.05, 4.69) is 114 Å². The molecule has 3 aromatic rings. The molecule has 1 aromatic heterocycles. The molecular weight excluding hydrogens is 356 g/mol. The van der Waals surface area contributed by atoms with Crippen LogP contribution in [0.3, 0.4) is 0 Å². The fraction of sp³-hybridized carbons (Fsp3) is 0.423. The van der Waals surface area contributed by atoms with Crippen LogP contribution in [0.15, 0.2) is 48.9 Å². The Bertz CT molecular complexity index is 970. The monoisotopic (exact) mass is 391 g/mol. The van der Waals surface area contributed by atoms with Gasteiger partial charge in [-0.1, -0.05) is 58.0 Å². The Morgan fingerprint density at radius 1 is 0.862 bits per heavy atom.